The van der Waals surface area contributed by atoms with Gasteiger partial charge in [0.2, 0.25) is 5.91 Å². The van der Waals surface area contributed by atoms with Crippen LogP contribution in [0.5, 0.6) is 5.75 Å². The largest absolute Gasteiger partial charge is 0.478 e. The van der Waals surface area contributed by atoms with Crippen molar-refractivity contribution in [3.63, 3.8) is 0 Å². The average Bonchev–Trinajstić information content (AvgIpc) is 3.18. The first-order valence-corrected chi connectivity index (χ1v) is 19.3. The highest BCUT2D eigenvalue weighted by atomic mass is 35.5. The summed E-state index contributed by atoms with van der Waals surface area (Å²) in [4.78, 5) is 51.4. The second-order valence-electron chi connectivity index (χ2n) is 13.2. The molecule has 0 heterocycles. The maximum atomic E-state index is 13.3. The summed E-state index contributed by atoms with van der Waals surface area (Å²) in [7, 11) is 0. The van der Waals surface area contributed by atoms with Gasteiger partial charge in [-0.2, -0.15) is 0 Å². The molecule has 0 aliphatic carbocycles. The molecule has 3 rings (SSSR count). The molecule has 3 aromatic carbocycles. The second kappa shape index (κ2) is 24.8. The van der Waals surface area contributed by atoms with E-state index in [2.05, 4.69) is 83.6 Å². The molecule has 3 aromatic rings. The molecule has 3 amide bonds. The number of halogens is 1. The summed E-state index contributed by atoms with van der Waals surface area (Å²) in [6.45, 7) is 5.88. The normalized spacial score (nSPS) is 11.9. The van der Waals surface area contributed by atoms with Crippen molar-refractivity contribution in [1.29, 1.82) is 0 Å². The maximum absolute atomic E-state index is 13.3. The molecule has 0 spiro atoms. The fourth-order valence-corrected chi connectivity index (χ4v) is 5.28. The van der Waals surface area contributed by atoms with Crippen molar-refractivity contribution in [2.75, 3.05) is 18.4 Å². The molecule has 9 heteroatoms. The third kappa shape index (κ3) is 17.0. The molecule has 0 radical (unpaired) electrons. The van der Waals surface area contributed by atoms with Crippen LogP contribution in [0.1, 0.15) is 98.4 Å². The van der Waals surface area contributed by atoms with E-state index in [-0.39, 0.29) is 36.3 Å². The molecule has 8 nitrogen and oxygen atoms in total. The number of carbonyl (C=O) groups excluding carboxylic acids is 4. The smallest absolute Gasteiger partial charge is 0.267 e. The zero-order chi connectivity index (χ0) is 39.7. The van der Waals surface area contributed by atoms with E-state index in [1.54, 1.807) is 86.6 Å². The SMILES string of the molecule is CC/C=C\C/C=C\C/C=C\C/C=C\C/C=C\CCCC(=O)NCCNC(=O)c1ccccc1NC(=O)C(C)(C)Oc1ccc(C(=O)c2ccc(Cl)cc2)cc1. The van der Waals surface area contributed by atoms with Crippen molar-refractivity contribution in [2.24, 2.45) is 0 Å². The molecule has 0 saturated carbocycles. The van der Waals surface area contributed by atoms with Gasteiger partial charge in [-0.25, -0.2) is 0 Å². The van der Waals surface area contributed by atoms with E-state index in [0.717, 1.165) is 44.9 Å². The number of hydrogen-bond acceptors (Lipinski definition) is 5. The number of para-hydroxylation sites is 1. The number of hydrogen-bond donors (Lipinski definition) is 3. The van der Waals surface area contributed by atoms with Gasteiger partial charge in [0.05, 0.1) is 11.3 Å². The third-order valence-electron chi connectivity index (χ3n) is 8.23. The minimum Gasteiger partial charge on any atom is -0.478 e. The number of rotatable bonds is 23. The second-order valence-corrected chi connectivity index (χ2v) is 13.6. The molecule has 55 heavy (non-hydrogen) atoms. The van der Waals surface area contributed by atoms with Crippen LogP contribution in [0.4, 0.5) is 5.69 Å². The van der Waals surface area contributed by atoms with Gasteiger partial charge in [0.25, 0.3) is 11.8 Å². The van der Waals surface area contributed by atoms with E-state index in [0.29, 0.717) is 34.0 Å². The highest BCUT2D eigenvalue weighted by Gasteiger charge is 2.31. The Morgan fingerprint density at radius 2 is 1.20 bits per heavy atom. The number of ether oxygens (including phenoxy) is 1. The van der Waals surface area contributed by atoms with Crippen molar-refractivity contribution in [1.82, 2.24) is 10.6 Å². The summed E-state index contributed by atoms with van der Waals surface area (Å²) in [6.07, 6.45) is 28.4. The van der Waals surface area contributed by atoms with Crippen LogP contribution in [0.15, 0.2) is 134 Å². The van der Waals surface area contributed by atoms with Crippen LogP contribution in [-0.2, 0) is 9.59 Å². The van der Waals surface area contributed by atoms with Gasteiger partial charge in [-0.05, 0) is 119 Å². The third-order valence-corrected chi connectivity index (χ3v) is 8.48. The average molecular weight is 764 g/mol. The summed E-state index contributed by atoms with van der Waals surface area (Å²) >= 11 is 5.93. The zero-order valence-electron chi connectivity index (χ0n) is 32.2. The maximum Gasteiger partial charge on any atom is 0.267 e. The van der Waals surface area contributed by atoms with Gasteiger partial charge in [0.1, 0.15) is 5.75 Å². The number of carbonyl (C=O) groups is 4. The number of unbranched alkanes of at least 4 members (excludes halogenated alkanes) is 1. The standard InChI is InChI=1S/C46H54ClN3O5/c1-4-5-6-7-8-9-10-11-12-13-14-15-16-17-18-19-20-25-42(51)48-34-35-49-44(53)40-23-21-22-24-41(40)50-45(54)46(2,3)55-39-32-28-37(29-33-39)43(52)36-26-30-38(47)31-27-36/h5-6,8-9,11-12,14-15,17-18,21-24,26-33H,4,7,10,13,16,19-20,25,34-35H2,1-3H3,(H,48,51)(H,49,53)(H,50,54)/b6-5-,9-8-,12-11-,15-14-,18-17-. The van der Waals surface area contributed by atoms with Gasteiger partial charge in [-0.1, -0.05) is 91.4 Å². The van der Waals surface area contributed by atoms with Crippen LogP contribution in [-0.4, -0.2) is 42.2 Å². The lowest BCUT2D eigenvalue weighted by Crippen LogP contribution is -2.43. The molecule has 0 fully saturated rings. The van der Waals surface area contributed by atoms with Gasteiger partial charge >= 0.3 is 0 Å². The monoisotopic (exact) mass is 763 g/mol. The predicted molar refractivity (Wildman–Crippen MR) is 225 cm³/mol. The fraction of sp³-hybridized carbons (Fsp3) is 0.304. The van der Waals surface area contributed by atoms with Crippen LogP contribution in [0.3, 0.4) is 0 Å². The Morgan fingerprint density at radius 1 is 0.673 bits per heavy atom. The predicted octanol–water partition coefficient (Wildman–Crippen LogP) is 10.1. The van der Waals surface area contributed by atoms with Gasteiger partial charge in [0.15, 0.2) is 11.4 Å². The number of anilines is 1. The molecule has 0 aliphatic rings. The summed E-state index contributed by atoms with van der Waals surface area (Å²) in [5.41, 5.74) is 0.260. The van der Waals surface area contributed by atoms with E-state index in [4.69, 9.17) is 16.3 Å². The molecule has 290 valence electrons. The summed E-state index contributed by atoms with van der Waals surface area (Å²) in [6, 6.07) is 19.8. The molecule has 0 aromatic heterocycles. The number of ketones is 1. The van der Waals surface area contributed by atoms with E-state index in [1.165, 1.54) is 0 Å². The van der Waals surface area contributed by atoms with E-state index < -0.39 is 11.5 Å². The van der Waals surface area contributed by atoms with Crippen LogP contribution >= 0.6 is 11.6 Å². The van der Waals surface area contributed by atoms with Gasteiger partial charge in [-0.15, -0.1) is 0 Å². The van der Waals surface area contributed by atoms with Crippen molar-refractivity contribution in [3.8, 4) is 5.75 Å². The minimum absolute atomic E-state index is 0.0701. The Hall–Kier alpha value is -5.47. The number of allylic oxidation sites excluding steroid dienone is 10. The Morgan fingerprint density at radius 3 is 1.80 bits per heavy atom. The lowest BCUT2D eigenvalue weighted by atomic mass is 10.0. The van der Waals surface area contributed by atoms with Crippen molar-refractivity contribution in [2.45, 2.75) is 77.7 Å². The van der Waals surface area contributed by atoms with E-state index in [9.17, 15) is 19.2 Å². The van der Waals surface area contributed by atoms with Gasteiger partial charge < -0.3 is 20.7 Å². The first-order chi connectivity index (χ1) is 26.6. The van der Waals surface area contributed by atoms with Crippen LogP contribution < -0.4 is 20.7 Å². The van der Waals surface area contributed by atoms with E-state index in [1.807, 2.05) is 0 Å². The highest BCUT2D eigenvalue weighted by Crippen LogP contribution is 2.23. The molecule has 0 atom stereocenters. The van der Waals surface area contributed by atoms with Gasteiger partial charge in [-0.3, -0.25) is 19.2 Å². The topological polar surface area (TPSA) is 114 Å². The van der Waals surface area contributed by atoms with Crippen LogP contribution in [0, 0.1) is 0 Å². The number of benzene rings is 3. The molecular formula is C46H54ClN3O5. The Labute approximate surface area is 331 Å². The van der Waals surface area contributed by atoms with Crippen molar-refractivity contribution in [3.05, 3.63) is 155 Å². The fourth-order valence-electron chi connectivity index (χ4n) is 5.16. The Balaban J connectivity index is 1.33. The molecule has 0 saturated heterocycles. The summed E-state index contributed by atoms with van der Waals surface area (Å²) in [5, 5.41) is 9.00. The first-order valence-electron chi connectivity index (χ1n) is 18.9. The zero-order valence-corrected chi connectivity index (χ0v) is 32.9. The molecule has 0 unspecified atom stereocenters. The quantitative estimate of drug-likeness (QED) is 0.0506. The van der Waals surface area contributed by atoms with Gasteiger partial charge in [0, 0.05) is 35.7 Å². The van der Waals surface area contributed by atoms with Crippen LogP contribution in [0.25, 0.3) is 0 Å². The van der Waals surface area contributed by atoms with Crippen molar-refractivity contribution < 1.29 is 23.9 Å². The number of nitrogens with one attached hydrogen (secondary N) is 3. The van der Waals surface area contributed by atoms with Crippen LogP contribution in [0.2, 0.25) is 5.02 Å². The lowest BCUT2D eigenvalue weighted by Gasteiger charge is -2.26. The molecule has 3 N–H and O–H groups in total. The lowest BCUT2D eigenvalue weighted by molar-refractivity contribution is -0.128. The number of amides is 3. The summed E-state index contributed by atoms with van der Waals surface area (Å²) < 4.78 is 5.99. The summed E-state index contributed by atoms with van der Waals surface area (Å²) in [5.74, 6) is -0.686. The molecular weight excluding hydrogens is 710 g/mol. The first kappa shape index (κ1) is 43.9. The highest BCUT2D eigenvalue weighted by molar-refractivity contribution is 6.30. The minimum atomic E-state index is -1.32. The molecule has 0 aliphatic heterocycles. The Bertz CT molecular complexity index is 1820. The Kier molecular flexibility index (Phi) is 19.8. The molecule has 0 bridgehead atoms. The van der Waals surface area contributed by atoms with Crippen molar-refractivity contribution >= 4 is 40.8 Å². The van der Waals surface area contributed by atoms with E-state index >= 15 is 0 Å².